The molecule has 62 valence electrons. The van der Waals surface area contributed by atoms with Crippen LogP contribution in [-0.4, -0.2) is 30.9 Å². The third-order valence-corrected chi connectivity index (χ3v) is 1.57. The quantitative estimate of drug-likeness (QED) is 0.441. The van der Waals surface area contributed by atoms with Gasteiger partial charge in [-0.15, -0.1) is 0 Å². The molecule has 1 fully saturated rings. The van der Waals surface area contributed by atoms with Crippen molar-refractivity contribution in [3.8, 4) is 0 Å². The summed E-state index contributed by atoms with van der Waals surface area (Å²) in [6, 6.07) is -0.234. The van der Waals surface area contributed by atoms with E-state index in [1.165, 1.54) is 0 Å². The molecule has 1 aliphatic rings. The van der Waals surface area contributed by atoms with E-state index in [1.54, 1.807) is 0 Å². The number of hydrogen-bond acceptors (Lipinski definition) is 3. The Hall–Kier alpha value is -1.10. The van der Waals surface area contributed by atoms with E-state index in [0.717, 1.165) is 6.42 Å². The van der Waals surface area contributed by atoms with E-state index in [0.29, 0.717) is 6.54 Å². The number of rotatable bonds is 3. The average Bonchev–Trinajstić information content (AvgIpc) is 2.31. The lowest BCUT2D eigenvalue weighted by molar-refractivity contribution is -0.121. The number of nitrogens with one attached hydrogen (secondary N) is 2. The largest absolute Gasteiger partial charge is 0.369 e. The van der Waals surface area contributed by atoms with Gasteiger partial charge in [0.1, 0.15) is 0 Å². The normalized spacial score (nSPS) is 23.3. The monoisotopic (exact) mass is 157 g/mol. The smallest absolute Gasteiger partial charge is 0.237 e. The van der Waals surface area contributed by atoms with Crippen molar-refractivity contribution in [2.75, 3.05) is 13.1 Å². The maximum atomic E-state index is 10.9. The Morgan fingerprint density at radius 2 is 2.55 bits per heavy atom. The third kappa shape index (κ3) is 2.19. The van der Waals surface area contributed by atoms with Gasteiger partial charge in [-0.1, -0.05) is 0 Å². The molecule has 0 radical (unpaired) electrons. The summed E-state index contributed by atoms with van der Waals surface area (Å²) in [5, 5.41) is 5.38. The van der Waals surface area contributed by atoms with Gasteiger partial charge in [-0.05, 0) is 6.42 Å². The van der Waals surface area contributed by atoms with Gasteiger partial charge in [-0.3, -0.25) is 14.9 Å². The van der Waals surface area contributed by atoms with E-state index in [1.807, 2.05) is 0 Å². The Balaban J connectivity index is 2.26. The highest BCUT2D eigenvalue weighted by Crippen LogP contribution is 1.97. The fraction of sp³-hybridized carbons (Fsp3) is 0.667. The Labute approximate surface area is 64.3 Å². The van der Waals surface area contributed by atoms with E-state index in [4.69, 9.17) is 5.73 Å². The van der Waals surface area contributed by atoms with Gasteiger partial charge in [-0.25, -0.2) is 0 Å². The fourth-order valence-corrected chi connectivity index (χ4v) is 1.01. The molecule has 0 aromatic rings. The first-order chi connectivity index (χ1) is 5.20. The number of amides is 2. The molecular weight excluding hydrogens is 146 g/mol. The van der Waals surface area contributed by atoms with Crippen LogP contribution in [0.2, 0.25) is 0 Å². The predicted molar refractivity (Wildman–Crippen MR) is 38.6 cm³/mol. The van der Waals surface area contributed by atoms with E-state index in [9.17, 15) is 9.59 Å². The second-order valence-corrected chi connectivity index (χ2v) is 2.48. The van der Waals surface area contributed by atoms with Crippen molar-refractivity contribution in [2.45, 2.75) is 12.5 Å². The molecule has 5 nitrogen and oxygen atoms in total. The Morgan fingerprint density at radius 1 is 1.82 bits per heavy atom. The van der Waals surface area contributed by atoms with Crippen LogP contribution in [0.25, 0.3) is 0 Å². The van der Waals surface area contributed by atoms with E-state index < -0.39 is 5.91 Å². The molecule has 5 heteroatoms. The lowest BCUT2D eigenvalue weighted by atomic mass is 10.2. The zero-order valence-corrected chi connectivity index (χ0v) is 6.09. The molecule has 1 heterocycles. The fourth-order valence-electron chi connectivity index (χ4n) is 1.01. The Kier molecular flexibility index (Phi) is 2.43. The first kappa shape index (κ1) is 8.00. The van der Waals surface area contributed by atoms with E-state index >= 15 is 0 Å². The molecule has 1 rings (SSSR count). The minimum Gasteiger partial charge on any atom is -0.369 e. The molecule has 0 bridgehead atoms. The van der Waals surface area contributed by atoms with Crippen LogP contribution in [0.5, 0.6) is 0 Å². The van der Waals surface area contributed by atoms with Crippen molar-refractivity contribution in [2.24, 2.45) is 5.73 Å². The van der Waals surface area contributed by atoms with Crippen LogP contribution in [0.3, 0.4) is 0 Å². The highest BCUT2D eigenvalue weighted by molar-refractivity contribution is 5.84. The predicted octanol–water partition coefficient (Wildman–Crippen LogP) is -2.05. The van der Waals surface area contributed by atoms with Crippen molar-refractivity contribution in [1.82, 2.24) is 10.6 Å². The SMILES string of the molecule is NC(=O)CNC1CCNC1=O. The maximum absolute atomic E-state index is 10.9. The zero-order valence-electron chi connectivity index (χ0n) is 6.09. The molecular formula is C6H11N3O2. The Bertz CT molecular complexity index is 181. The van der Waals surface area contributed by atoms with Gasteiger partial charge in [0.15, 0.2) is 0 Å². The highest BCUT2D eigenvalue weighted by Gasteiger charge is 2.23. The standard InChI is InChI=1S/C6H11N3O2/c7-5(10)3-9-4-1-2-8-6(4)11/h4,9H,1-3H2,(H2,7,10)(H,8,11). The molecule has 4 N–H and O–H groups in total. The van der Waals surface area contributed by atoms with Crippen molar-refractivity contribution < 1.29 is 9.59 Å². The highest BCUT2D eigenvalue weighted by atomic mass is 16.2. The van der Waals surface area contributed by atoms with Crippen molar-refractivity contribution in [3.63, 3.8) is 0 Å². The number of hydrogen-bond donors (Lipinski definition) is 3. The molecule has 1 unspecified atom stereocenters. The molecule has 2 amide bonds. The second kappa shape index (κ2) is 3.34. The lowest BCUT2D eigenvalue weighted by Gasteiger charge is -2.06. The molecule has 0 saturated carbocycles. The summed E-state index contributed by atoms with van der Waals surface area (Å²) in [4.78, 5) is 21.2. The van der Waals surface area contributed by atoms with Gasteiger partial charge in [0, 0.05) is 6.54 Å². The molecule has 0 aromatic heterocycles. The van der Waals surface area contributed by atoms with Crippen LogP contribution in [0, 0.1) is 0 Å². The van der Waals surface area contributed by atoms with Crippen molar-refractivity contribution in [1.29, 1.82) is 0 Å². The third-order valence-electron chi connectivity index (χ3n) is 1.57. The van der Waals surface area contributed by atoms with Gasteiger partial charge < -0.3 is 11.1 Å². The first-order valence-electron chi connectivity index (χ1n) is 3.49. The van der Waals surface area contributed by atoms with Crippen LogP contribution in [0.1, 0.15) is 6.42 Å². The average molecular weight is 157 g/mol. The summed E-state index contributed by atoms with van der Waals surface area (Å²) in [5.74, 6) is -0.490. The topological polar surface area (TPSA) is 84.2 Å². The maximum Gasteiger partial charge on any atom is 0.237 e. The number of nitrogens with two attached hydrogens (primary N) is 1. The number of carbonyl (C=O) groups is 2. The summed E-state index contributed by atoms with van der Waals surface area (Å²) >= 11 is 0. The van der Waals surface area contributed by atoms with Gasteiger partial charge in [0.25, 0.3) is 0 Å². The Morgan fingerprint density at radius 3 is 3.00 bits per heavy atom. The lowest BCUT2D eigenvalue weighted by Crippen LogP contribution is -2.40. The van der Waals surface area contributed by atoms with Crippen LogP contribution < -0.4 is 16.4 Å². The molecule has 0 aliphatic carbocycles. The zero-order chi connectivity index (χ0) is 8.27. The van der Waals surface area contributed by atoms with Crippen LogP contribution >= 0.6 is 0 Å². The van der Waals surface area contributed by atoms with Crippen LogP contribution in [0.4, 0.5) is 0 Å². The molecule has 0 spiro atoms. The molecule has 11 heavy (non-hydrogen) atoms. The van der Waals surface area contributed by atoms with Gasteiger partial charge in [0.05, 0.1) is 12.6 Å². The summed E-state index contributed by atoms with van der Waals surface area (Å²) in [7, 11) is 0. The number of primary amides is 1. The van der Waals surface area contributed by atoms with E-state index in [-0.39, 0.29) is 18.5 Å². The summed E-state index contributed by atoms with van der Waals surface area (Å²) < 4.78 is 0. The molecule has 1 saturated heterocycles. The first-order valence-corrected chi connectivity index (χ1v) is 3.49. The van der Waals surface area contributed by atoms with Crippen molar-refractivity contribution in [3.05, 3.63) is 0 Å². The van der Waals surface area contributed by atoms with E-state index in [2.05, 4.69) is 10.6 Å². The van der Waals surface area contributed by atoms with Gasteiger partial charge >= 0.3 is 0 Å². The molecule has 1 atom stereocenters. The minimum atomic E-state index is -0.440. The summed E-state index contributed by atoms with van der Waals surface area (Å²) in [5.41, 5.74) is 4.88. The van der Waals surface area contributed by atoms with Gasteiger partial charge in [-0.2, -0.15) is 0 Å². The van der Waals surface area contributed by atoms with Crippen molar-refractivity contribution >= 4 is 11.8 Å². The van der Waals surface area contributed by atoms with Gasteiger partial charge in [0.2, 0.25) is 11.8 Å². The van der Waals surface area contributed by atoms with Crippen LogP contribution in [0.15, 0.2) is 0 Å². The van der Waals surface area contributed by atoms with Crippen LogP contribution in [-0.2, 0) is 9.59 Å². The molecule has 1 aliphatic heterocycles. The molecule has 0 aromatic carbocycles. The minimum absolute atomic E-state index is 0.0498. The summed E-state index contributed by atoms with van der Waals surface area (Å²) in [6.07, 6.45) is 0.728. The number of carbonyl (C=O) groups excluding carboxylic acids is 2. The second-order valence-electron chi connectivity index (χ2n) is 2.48. The summed E-state index contributed by atoms with van der Waals surface area (Å²) in [6.45, 7) is 0.743.